The van der Waals surface area contributed by atoms with E-state index >= 15 is 0 Å². The van der Waals surface area contributed by atoms with E-state index in [2.05, 4.69) is 22.0 Å². The van der Waals surface area contributed by atoms with Gasteiger partial charge in [0.15, 0.2) is 0 Å². The largest absolute Gasteiger partial charge is 0.368 e. The van der Waals surface area contributed by atoms with Crippen LogP contribution in [0.1, 0.15) is 24.1 Å². The number of hydrogen-bond donors (Lipinski definition) is 1. The number of likely N-dealkylation sites (tertiary alicyclic amines) is 1. The Hall–Kier alpha value is -1.72. The average molecular weight is 301 g/mol. The number of aryl methyl sites for hydroxylation is 1. The van der Waals surface area contributed by atoms with Crippen LogP contribution < -0.4 is 5.73 Å². The first-order chi connectivity index (χ1) is 10.1. The van der Waals surface area contributed by atoms with Crippen molar-refractivity contribution in [3.05, 3.63) is 41.0 Å². The van der Waals surface area contributed by atoms with Crippen molar-refractivity contribution in [2.24, 2.45) is 5.73 Å². The van der Waals surface area contributed by atoms with E-state index in [0.29, 0.717) is 0 Å². The molecule has 0 radical (unpaired) electrons. The normalized spacial score (nSPS) is 22.6. The van der Waals surface area contributed by atoms with Crippen molar-refractivity contribution < 1.29 is 4.79 Å². The molecule has 21 heavy (non-hydrogen) atoms. The number of nitrogens with two attached hydrogens (primary N) is 1. The second kappa shape index (κ2) is 5.24. The zero-order valence-corrected chi connectivity index (χ0v) is 13.1. The van der Waals surface area contributed by atoms with Gasteiger partial charge in [0, 0.05) is 0 Å². The minimum Gasteiger partial charge on any atom is -0.368 e. The van der Waals surface area contributed by atoms with Gasteiger partial charge in [0.1, 0.15) is 5.54 Å². The molecule has 1 aliphatic rings. The van der Waals surface area contributed by atoms with Gasteiger partial charge in [-0.05, 0) is 44.5 Å². The third-order valence-electron chi connectivity index (χ3n) is 4.46. The van der Waals surface area contributed by atoms with Crippen molar-refractivity contribution >= 4 is 17.2 Å². The highest BCUT2D eigenvalue weighted by Gasteiger charge is 2.45. The molecule has 1 saturated heterocycles. The number of benzene rings is 1. The number of carbonyl (C=O) groups excluding carboxylic acids is 1. The molecule has 2 aromatic rings. The van der Waals surface area contributed by atoms with Crippen molar-refractivity contribution in [2.75, 3.05) is 13.6 Å². The highest BCUT2D eigenvalue weighted by atomic mass is 32.1. The number of nitrogens with zero attached hydrogens (tertiary/aromatic N) is 2. The Morgan fingerprint density at radius 3 is 2.57 bits per heavy atom. The molecule has 1 amide bonds. The van der Waals surface area contributed by atoms with Crippen LogP contribution in [0.25, 0.3) is 10.4 Å². The quantitative estimate of drug-likeness (QED) is 0.947. The van der Waals surface area contributed by atoms with E-state index in [1.54, 1.807) is 11.3 Å². The van der Waals surface area contributed by atoms with Gasteiger partial charge < -0.3 is 5.73 Å². The van der Waals surface area contributed by atoms with Crippen LogP contribution in [-0.2, 0) is 10.3 Å². The molecule has 0 spiro atoms. The first kappa shape index (κ1) is 14.2. The summed E-state index contributed by atoms with van der Waals surface area (Å²) < 4.78 is 0. The third kappa shape index (κ3) is 2.17. The van der Waals surface area contributed by atoms with Gasteiger partial charge in [0.2, 0.25) is 5.91 Å². The monoisotopic (exact) mass is 301 g/mol. The highest BCUT2D eigenvalue weighted by molar-refractivity contribution is 7.13. The number of likely N-dealkylation sites (N-methyl/N-ethyl adjacent to an activating group) is 1. The summed E-state index contributed by atoms with van der Waals surface area (Å²) in [6.07, 6.45) is 1.78. The minimum absolute atomic E-state index is 0.260. The lowest BCUT2D eigenvalue weighted by Crippen LogP contribution is -2.49. The summed E-state index contributed by atoms with van der Waals surface area (Å²) in [5.74, 6) is -0.260. The lowest BCUT2D eigenvalue weighted by molar-refractivity contribution is -0.128. The zero-order chi connectivity index (χ0) is 15.0. The Kier molecular flexibility index (Phi) is 3.55. The van der Waals surface area contributed by atoms with Gasteiger partial charge in [0.25, 0.3) is 0 Å². The fourth-order valence-corrected chi connectivity index (χ4v) is 4.06. The molecule has 4 nitrogen and oxygen atoms in total. The highest BCUT2D eigenvalue weighted by Crippen LogP contribution is 2.38. The van der Waals surface area contributed by atoms with E-state index in [1.807, 2.05) is 31.6 Å². The van der Waals surface area contributed by atoms with Gasteiger partial charge in [-0.3, -0.25) is 9.69 Å². The van der Waals surface area contributed by atoms with Crippen LogP contribution in [0.2, 0.25) is 0 Å². The first-order valence-corrected chi connectivity index (χ1v) is 7.96. The van der Waals surface area contributed by atoms with Crippen LogP contribution in [0.15, 0.2) is 29.8 Å². The summed E-state index contributed by atoms with van der Waals surface area (Å²) in [5, 5.41) is 0. The molecule has 0 bridgehead atoms. The molecule has 2 heterocycles. The Morgan fingerprint density at radius 2 is 2.10 bits per heavy atom. The molecular formula is C16H19N3OS. The van der Waals surface area contributed by atoms with Crippen molar-refractivity contribution in [1.82, 2.24) is 9.88 Å². The number of aromatic nitrogens is 1. The summed E-state index contributed by atoms with van der Waals surface area (Å²) in [6, 6.07) is 8.18. The number of carbonyl (C=O) groups is 1. The van der Waals surface area contributed by atoms with Crippen molar-refractivity contribution in [1.29, 1.82) is 0 Å². The number of primary amides is 1. The maximum absolute atomic E-state index is 12.1. The van der Waals surface area contributed by atoms with Gasteiger partial charge in [0.05, 0.1) is 16.1 Å². The third-order valence-corrected chi connectivity index (χ3v) is 5.44. The molecule has 1 atom stereocenters. The van der Waals surface area contributed by atoms with Gasteiger partial charge in [-0.15, -0.1) is 11.3 Å². The number of thiazole rings is 1. The molecule has 1 aromatic carbocycles. The van der Waals surface area contributed by atoms with Crippen LogP contribution in [0.5, 0.6) is 0 Å². The molecular weight excluding hydrogens is 282 g/mol. The van der Waals surface area contributed by atoms with Gasteiger partial charge in [-0.25, -0.2) is 4.98 Å². The van der Waals surface area contributed by atoms with Crippen LogP contribution in [0.4, 0.5) is 0 Å². The van der Waals surface area contributed by atoms with Crippen molar-refractivity contribution in [3.8, 4) is 10.4 Å². The van der Waals surface area contributed by atoms with E-state index in [4.69, 9.17) is 5.73 Å². The van der Waals surface area contributed by atoms with Crippen molar-refractivity contribution in [2.45, 2.75) is 25.3 Å². The van der Waals surface area contributed by atoms with Crippen LogP contribution >= 0.6 is 11.3 Å². The first-order valence-electron chi connectivity index (χ1n) is 7.08. The topological polar surface area (TPSA) is 59.2 Å². The molecule has 0 saturated carbocycles. The molecule has 1 fully saturated rings. The second-order valence-electron chi connectivity index (χ2n) is 5.59. The molecule has 1 aliphatic heterocycles. The van der Waals surface area contributed by atoms with E-state index in [-0.39, 0.29) is 5.91 Å². The van der Waals surface area contributed by atoms with Gasteiger partial charge in [-0.2, -0.15) is 0 Å². The maximum Gasteiger partial charge on any atom is 0.242 e. The van der Waals surface area contributed by atoms with Crippen LogP contribution in [0, 0.1) is 6.92 Å². The molecule has 0 aliphatic carbocycles. The Balaban J connectivity index is 2.00. The molecule has 1 aromatic heterocycles. The van der Waals surface area contributed by atoms with E-state index < -0.39 is 5.54 Å². The Labute approximate surface area is 128 Å². The Morgan fingerprint density at radius 1 is 1.38 bits per heavy atom. The molecule has 2 N–H and O–H groups in total. The number of hydrogen-bond acceptors (Lipinski definition) is 4. The predicted molar refractivity (Wildman–Crippen MR) is 85.0 cm³/mol. The van der Waals surface area contributed by atoms with E-state index in [1.165, 1.54) is 4.88 Å². The standard InChI is InChI=1S/C16H19N3OS/c1-11-14(21-10-18-11)12-4-6-13(7-5-12)16(15(17)20)8-3-9-19(16)2/h4-7,10H,3,8-9H2,1-2H3,(H2,17,20). The fraction of sp³-hybridized carbons (Fsp3) is 0.375. The number of amides is 1. The fourth-order valence-electron chi connectivity index (χ4n) is 3.25. The summed E-state index contributed by atoms with van der Waals surface area (Å²) >= 11 is 1.63. The SMILES string of the molecule is Cc1ncsc1-c1ccc(C2(C(N)=O)CCCN2C)cc1. The molecule has 1 unspecified atom stereocenters. The van der Waals surface area contributed by atoms with Crippen molar-refractivity contribution in [3.63, 3.8) is 0 Å². The molecule has 110 valence electrons. The minimum atomic E-state index is -0.652. The molecule has 5 heteroatoms. The lowest BCUT2D eigenvalue weighted by Gasteiger charge is -2.33. The number of rotatable bonds is 3. The van der Waals surface area contributed by atoms with Gasteiger partial charge in [-0.1, -0.05) is 24.3 Å². The van der Waals surface area contributed by atoms with Crippen LogP contribution in [0.3, 0.4) is 0 Å². The zero-order valence-electron chi connectivity index (χ0n) is 12.3. The summed E-state index contributed by atoms with van der Waals surface area (Å²) in [4.78, 5) is 19.6. The van der Waals surface area contributed by atoms with E-state index in [9.17, 15) is 4.79 Å². The summed E-state index contributed by atoms with van der Waals surface area (Å²) in [7, 11) is 1.97. The predicted octanol–water partition coefficient (Wildman–Crippen LogP) is 2.52. The smallest absolute Gasteiger partial charge is 0.242 e. The maximum atomic E-state index is 12.1. The second-order valence-corrected chi connectivity index (χ2v) is 6.45. The average Bonchev–Trinajstić information content (AvgIpc) is 3.06. The van der Waals surface area contributed by atoms with E-state index in [0.717, 1.165) is 36.2 Å². The molecule has 3 rings (SSSR count). The lowest BCUT2D eigenvalue weighted by atomic mass is 9.86. The van der Waals surface area contributed by atoms with Crippen LogP contribution in [-0.4, -0.2) is 29.4 Å². The summed E-state index contributed by atoms with van der Waals surface area (Å²) in [6.45, 7) is 2.91. The summed E-state index contributed by atoms with van der Waals surface area (Å²) in [5.41, 5.74) is 10.1. The van der Waals surface area contributed by atoms with Gasteiger partial charge >= 0.3 is 0 Å². The Bertz CT molecular complexity index is 664.